The standard InChI is InChI=1S/C18H21N3O/c1-4-21-16-8-6-5-7-15(16)19-18(21)17(22)13-9-11-14(12-10-13)20(2)3/h5-12,17,22H,4H2,1-3H3/t17-/m1/s1. The molecule has 0 bridgehead atoms. The highest BCUT2D eigenvalue weighted by Gasteiger charge is 2.19. The molecule has 1 aromatic heterocycles. The van der Waals surface area contributed by atoms with Gasteiger partial charge >= 0.3 is 0 Å². The lowest BCUT2D eigenvalue weighted by Crippen LogP contribution is -2.11. The first kappa shape index (κ1) is 14.6. The lowest BCUT2D eigenvalue weighted by atomic mass is 10.1. The van der Waals surface area contributed by atoms with Crippen molar-refractivity contribution in [2.24, 2.45) is 0 Å². The Hall–Kier alpha value is -2.33. The Morgan fingerprint density at radius 1 is 1.09 bits per heavy atom. The van der Waals surface area contributed by atoms with E-state index < -0.39 is 6.10 Å². The number of fused-ring (bicyclic) bond motifs is 1. The predicted molar refractivity (Wildman–Crippen MR) is 90.2 cm³/mol. The summed E-state index contributed by atoms with van der Waals surface area (Å²) in [5, 5.41) is 10.7. The molecule has 0 spiro atoms. The molecule has 1 heterocycles. The molecular weight excluding hydrogens is 274 g/mol. The van der Waals surface area contributed by atoms with Crippen LogP contribution in [-0.2, 0) is 6.54 Å². The Morgan fingerprint density at radius 2 is 1.77 bits per heavy atom. The number of rotatable bonds is 4. The van der Waals surface area contributed by atoms with Crippen LogP contribution in [0.15, 0.2) is 48.5 Å². The van der Waals surface area contributed by atoms with Crippen LogP contribution in [0.25, 0.3) is 11.0 Å². The predicted octanol–water partition coefficient (Wildman–Crippen LogP) is 3.20. The Labute approximate surface area is 130 Å². The van der Waals surface area contributed by atoms with Crippen molar-refractivity contribution in [2.45, 2.75) is 19.6 Å². The van der Waals surface area contributed by atoms with Crippen LogP contribution in [0.4, 0.5) is 5.69 Å². The Bertz CT molecular complexity index is 775. The quantitative estimate of drug-likeness (QED) is 0.803. The lowest BCUT2D eigenvalue weighted by molar-refractivity contribution is 0.205. The van der Waals surface area contributed by atoms with E-state index in [1.54, 1.807) is 0 Å². The molecule has 0 fully saturated rings. The van der Waals surface area contributed by atoms with Gasteiger partial charge in [0.15, 0.2) is 0 Å². The molecule has 0 amide bonds. The number of para-hydroxylation sites is 2. The van der Waals surface area contributed by atoms with Gasteiger partial charge < -0.3 is 14.6 Å². The van der Waals surface area contributed by atoms with Crippen molar-refractivity contribution in [3.63, 3.8) is 0 Å². The van der Waals surface area contributed by atoms with E-state index in [0.29, 0.717) is 5.82 Å². The van der Waals surface area contributed by atoms with E-state index in [2.05, 4.69) is 16.5 Å². The van der Waals surface area contributed by atoms with Gasteiger partial charge in [-0.2, -0.15) is 0 Å². The summed E-state index contributed by atoms with van der Waals surface area (Å²) >= 11 is 0. The van der Waals surface area contributed by atoms with Gasteiger partial charge in [0.25, 0.3) is 0 Å². The van der Waals surface area contributed by atoms with E-state index in [1.807, 2.05) is 67.5 Å². The van der Waals surface area contributed by atoms with Gasteiger partial charge in [-0.25, -0.2) is 4.98 Å². The highest BCUT2D eigenvalue weighted by Crippen LogP contribution is 2.26. The smallest absolute Gasteiger partial charge is 0.143 e. The van der Waals surface area contributed by atoms with Gasteiger partial charge in [-0.3, -0.25) is 0 Å². The third-order valence-corrected chi connectivity index (χ3v) is 3.97. The van der Waals surface area contributed by atoms with Crippen LogP contribution in [0.2, 0.25) is 0 Å². The van der Waals surface area contributed by atoms with Gasteiger partial charge in [-0.15, -0.1) is 0 Å². The molecule has 0 saturated heterocycles. The van der Waals surface area contributed by atoms with E-state index >= 15 is 0 Å². The molecule has 0 aliphatic heterocycles. The molecule has 4 nitrogen and oxygen atoms in total. The summed E-state index contributed by atoms with van der Waals surface area (Å²) in [6.07, 6.45) is -0.719. The topological polar surface area (TPSA) is 41.3 Å². The maximum Gasteiger partial charge on any atom is 0.143 e. The lowest BCUT2D eigenvalue weighted by Gasteiger charge is -2.16. The zero-order chi connectivity index (χ0) is 15.7. The average molecular weight is 295 g/mol. The molecule has 3 aromatic rings. The van der Waals surface area contributed by atoms with Crippen LogP contribution in [0.3, 0.4) is 0 Å². The number of aliphatic hydroxyl groups is 1. The summed E-state index contributed by atoms with van der Waals surface area (Å²) in [4.78, 5) is 6.66. The maximum atomic E-state index is 10.7. The zero-order valence-corrected chi connectivity index (χ0v) is 13.2. The third kappa shape index (κ3) is 2.46. The summed E-state index contributed by atoms with van der Waals surface area (Å²) in [6, 6.07) is 15.9. The maximum absolute atomic E-state index is 10.7. The van der Waals surface area contributed by atoms with Crippen molar-refractivity contribution >= 4 is 16.7 Å². The molecule has 114 valence electrons. The van der Waals surface area contributed by atoms with Crippen LogP contribution in [0.1, 0.15) is 24.4 Å². The van der Waals surface area contributed by atoms with Crippen LogP contribution < -0.4 is 4.90 Å². The van der Waals surface area contributed by atoms with E-state index in [0.717, 1.165) is 28.8 Å². The minimum Gasteiger partial charge on any atom is -0.380 e. The van der Waals surface area contributed by atoms with Crippen molar-refractivity contribution < 1.29 is 5.11 Å². The summed E-state index contributed by atoms with van der Waals surface area (Å²) in [6.45, 7) is 2.85. The molecule has 1 atom stereocenters. The fourth-order valence-electron chi connectivity index (χ4n) is 2.74. The monoisotopic (exact) mass is 295 g/mol. The molecule has 0 aliphatic carbocycles. The van der Waals surface area contributed by atoms with Crippen molar-refractivity contribution in [3.05, 3.63) is 59.9 Å². The number of nitrogens with zero attached hydrogens (tertiary/aromatic N) is 3. The molecule has 4 heteroatoms. The molecular formula is C18H21N3O. The van der Waals surface area contributed by atoms with Gasteiger partial charge in [-0.05, 0) is 36.8 Å². The van der Waals surface area contributed by atoms with Crippen molar-refractivity contribution in [1.82, 2.24) is 9.55 Å². The molecule has 3 rings (SSSR count). The van der Waals surface area contributed by atoms with Crippen LogP contribution in [0.5, 0.6) is 0 Å². The number of hydrogen-bond donors (Lipinski definition) is 1. The summed E-state index contributed by atoms with van der Waals surface area (Å²) in [7, 11) is 4.00. The van der Waals surface area contributed by atoms with Crippen LogP contribution >= 0.6 is 0 Å². The van der Waals surface area contributed by atoms with E-state index in [9.17, 15) is 5.11 Å². The zero-order valence-electron chi connectivity index (χ0n) is 13.2. The second-order valence-corrected chi connectivity index (χ2v) is 5.59. The minimum absolute atomic E-state index is 0.696. The van der Waals surface area contributed by atoms with Gasteiger partial charge in [0, 0.05) is 26.3 Å². The first-order chi connectivity index (χ1) is 10.6. The number of aryl methyl sites for hydroxylation is 1. The SMILES string of the molecule is CCn1c([C@H](O)c2ccc(N(C)C)cc2)nc2ccccc21. The Kier molecular flexibility index (Phi) is 3.86. The summed E-state index contributed by atoms with van der Waals surface area (Å²) in [5.74, 6) is 0.696. The summed E-state index contributed by atoms with van der Waals surface area (Å²) < 4.78 is 2.07. The first-order valence-electron chi connectivity index (χ1n) is 7.52. The van der Waals surface area contributed by atoms with Gasteiger partial charge in [-0.1, -0.05) is 24.3 Å². The van der Waals surface area contributed by atoms with Gasteiger partial charge in [0.2, 0.25) is 0 Å². The molecule has 2 aromatic carbocycles. The molecule has 22 heavy (non-hydrogen) atoms. The third-order valence-electron chi connectivity index (χ3n) is 3.97. The first-order valence-corrected chi connectivity index (χ1v) is 7.52. The molecule has 0 radical (unpaired) electrons. The van der Waals surface area contributed by atoms with Crippen molar-refractivity contribution in [1.29, 1.82) is 0 Å². The second-order valence-electron chi connectivity index (χ2n) is 5.59. The number of anilines is 1. The Morgan fingerprint density at radius 3 is 2.41 bits per heavy atom. The Balaban J connectivity index is 2.02. The number of aliphatic hydroxyl groups excluding tert-OH is 1. The number of imidazole rings is 1. The van der Waals surface area contributed by atoms with Crippen molar-refractivity contribution in [3.8, 4) is 0 Å². The molecule has 0 aliphatic rings. The largest absolute Gasteiger partial charge is 0.380 e. The number of hydrogen-bond acceptors (Lipinski definition) is 3. The van der Waals surface area contributed by atoms with Crippen molar-refractivity contribution in [2.75, 3.05) is 19.0 Å². The minimum atomic E-state index is -0.719. The normalized spacial score (nSPS) is 12.5. The van der Waals surface area contributed by atoms with Gasteiger partial charge in [0.05, 0.1) is 11.0 Å². The molecule has 1 N–H and O–H groups in total. The highest BCUT2D eigenvalue weighted by molar-refractivity contribution is 5.76. The summed E-state index contributed by atoms with van der Waals surface area (Å²) in [5.41, 5.74) is 3.95. The molecule has 0 saturated carbocycles. The number of benzene rings is 2. The van der Waals surface area contributed by atoms with E-state index in [-0.39, 0.29) is 0 Å². The number of aromatic nitrogens is 2. The highest BCUT2D eigenvalue weighted by atomic mass is 16.3. The van der Waals surface area contributed by atoms with Gasteiger partial charge in [0.1, 0.15) is 11.9 Å². The second kappa shape index (κ2) is 5.81. The average Bonchev–Trinajstić information content (AvgIpc) is 2.92. The fourth-order valence-corrected chi connectivity index (χ4v) is 2.74. The fraction of sp³-hybridized carbons (Fsp3) is 0.278. The molecule has 0 unspecified atom stereocenters. The van der Waals surface area contributed by atoms with E-state index in [4.69, 9.17) is 0 Å². The van der Waals surface area contributed by atoms with Crippen LogP contribution in [0, 0.1) is 0 Å². The van der Waals surface area contributed by atoms with Crippen LogP contribution in [-0.4, -0.2) is 28.8 Å². The van der Waals surface area contributed by atoms with E-state index in [1.165, 1.54) is 0 Å².